The fourth-order valence-electron chi connectivity index (χ4n) is 1.34. The van der Waals surface area contributed by atoms with Crippen LogP contribution in [0.25, 0.3) is 0 Å². The molecule has 0 saturated carbocycles. The number of urea groups is 1. The molecule has 74 valence electrons. The van der Waals surface area contributed by atoms with E-state index < -0.39 is 6.08 Å². The second kappa shape index (κ2) is 3.21. The van der Waals surface area contributed by atoms with Crippen molar-refractivity contribution < 1.29 is 9.18 Å². The van der Waals surface area contributed by atoms with Crippen molar-refractivity contribution in [3.63, 3.8) is 0 Å². The molecule has 2 amide bonds. The molecule has 0 aliphatic carbocycles. The summed E-state index contributed by atoms with van der Waals surface area (Å²) in [5.74, 6) is 0.312. The first-order valence-electron chi connectivity index (χ1n) is 4.19. The Morgan fingerprint density at radius 1 is 1.50 bits per heavy atom. The first kappa shape index (κ1) is 8.86. The number of hydrogen-bond acceptors (Lipinski definition) is 3. The first-order valence-corrected chi connectivity index (χ1v) is 4.19. The fraction of sp³-hybridized carbons (Fsp3) is 0.375. The maximum Gasteiger partial charge on any atom is 0.325 e. The maximum atomic E-state index is 12.7. The van der Waals surface area contributed by atoms with Crippen LogP contribution in [0, 0.1) is 6.08 Å². The van der Waals surface area contributed by atoms with Crippen molar-refractivity contribution in [2.45, 2.75) is 0 Å². The van der Waals surface area contributed by atoms with E-state index in [1.807, 2.05) is 0 Å². The molecular weight excluding hydrogens is 187 g/mol. The molecule has 1 aromatic rings. The lowest BCUT2D eigenvalue weighted by molar-refractivity contribution is 0.229. The number of amides is 2. The SMILES string of the molecule is CN1CCN(c2ccnc(F)n2)C1=O. The average Bonchev–Trinajstić information content (AvgIpc) is 2.48. The molecule has 2 rings (SSSR count). The van der Waals surface area contributed by atoms with Crippen LogP contribution in [0.2, 0.25) is 0 Å². The van der Waals surface area contributed by atoms with Gasteiger partial charge < -0.3 is 4.90 Å². The summed E-state index contributed by atoms with van der Waals surface area (Å²) >= 11 is 0. The van der Waals surface area contributed by atoms with Gasteiger partial charge in [0.1, 0.15) is 5.82 Å². The molecule has 0 unspecified atom stereocenters. The molecule has 5 nitrogen and oxygen atoms in total. The molecule has 1 saturated heterocycles. The number of halogens is 1. The van der Waals surface area contributed by atoms with Gasteiger partial charge in [0, 0.05) is 26.3 Å². The Kier molecular flexibility index (Phi) is 2.03. The molecule has 2 heterocycles. The minimum absolute atomic E-state index is 0.164. The van der Waals surface area contributed by atoms with Gasteiger partial charge in [-0.3, -0.25) is 4.90 Å². The van der Waals surface area contributed by atoms with Crippen LogP contribution in [0.15, 0.2) is 12.3 Å². The Bertz CT molecular complexity index is 370. The molecule has 1 aliphatic rings. The van der Waals surface area contributed by atoms with E-state index in [-0.39, 0.29) is 6.03 Å². The minimum atomic E-state index is -0.815. The van der Waals surface area contributed by atoms with Gasteiger partial charge in [-0.05, 0) is 6.07 Å². The smallest absolute Gasteiger partial charge is 0.325 e. The van der Waals surface area contributed by atoms with Gasteiger partial charge in [-0.25, -0.2) is 9.78 Å². The summed E-state index contributed by atoms with van der Waals surface area (Å²) in [4.78, 5) is 21.3. The second-order valence-corrected chi connectivity index (χ2v) is 3.04. The van der Waals surface area contributed by atoms with Crippen LogP contribution in [0.4, 0.5) is 15.0 Å². The second-order valence-electron chi connectivity index (χ2n) is 3.04. The topological polar surface area (TPSA) is 49.3 Å². The summed E-state index contributed by atoms with van der Waals surface area (Å²) < 4.78 is 12.7. The molecule has 0 spiro atoms. The molecule has 0 atom stereocenters. The monoisotopic (exact) mass is 196 g/mol. The summed E-state index contributed by atoms with van der Waals surface area (Å²) in [5, 5.41) is 0. The Morgan fingerprint density at radius 3 is 2.86 bits per heavy atom. The zero-order valence-corrected chi connectivity index (χ0v) is 7.64. The molecule has 14 heavy (non-hydrogen) atoms. The van der Waals surface area contributed by atoms with Crippen LogP contribution in [-0.2, 0) is 0 Å². The lowest BCUT2D eigenvalue weighted by atomic mass is 10.5. The lowest BCUT2D eigenvalue weighted by Crippen LogP contribution is -2.30. The highest BCUT2D eigenvalue weighted by Gasteiger charge is 2.27. The molecule has 0 radical (unpaired) electrons. The quantitative estimate of drug-likeness (QED) is 0.614. The van der Waals surface area contributed by atoms with E-state index in [0.29, 0.717) is 18.9 Å². The van der Waals surface area contributed by atoms with Crippen molar-refractivity contribution in [1.82, 2.24) is 14.9 Å². The zero-order valence-electron chi connectivity index (χ0n) is 7.64. The van der Waals surface area contributed by atoms with E-state index in [1.54, 1.807) is 11.9 Å². The van der Waals surface area contributed by atoms with E-state index in [4.69, 9.17) is 0 Å². The van der Waals surface area contributed by atoms with Crippen molar-refractivity contribution in [3.8, 4) is 0 Å². The first-order chi connectivity index (χ1) is 6.68. The van der Waals surface area contributed by atoms with Crippen molar-refractivity contribution in [1.29, 1.82) is 0 Å². The summed E-state index contributed by atoms with van der Waals surface area (Å²) in [6.07, 6.45) is 0.480. The van der Waals surface area contributed by atoms with Crippen LogP contribution in [0.5, 0.6) is 0 Å². The molecule has 1 fully saturated rings. The number of carbonyl (C=O) groups excluding carboxylic acids is 1. The highest BCUT2D eigenvalue weighted by atomic mass is 19.1. The minimum Gasteiger partial charge on any atom is -0.326 e. The van der Waals surface area contributed by atoms with Gasteiger partial charge in [-0.1, -0.05) is 0 Å². The molecule has 0 bridgehead atoms. The van der Waals surface area contributed by atoms with E-state index in [2.05, 4.69) is 9.97 Å². The van der Waals surface area contributed by atoms with Crippen molar-refractivity contribution in [2.24, 2.45) is 0 Å². The molecular formula is C8H9FN4O. The van der Waals surface area contributed by atoms with Gasteiger partial charge in [0.15, 0.2) is 0 Å². The molecule has 0 aromatic carbocycles. The number of anilines is 1. The summed E-state index contributed by atoms with van der Waals surface area (Å²) in [6.45, 7) is 1.16. The van der Waals surface area contributed by atoms with Crippen LogP contribution >= 0.6 is 0 Å². The standard InChI is InChI=1S/C8H9FN4O/c1-12-4-5-13(8(12)14)6-2-3-10-7(9)11-6/h2-3H,4-5H2,1H3. The third-order valence-corrected chi connectivity index (χ3v) is 2.10. The lowest BCUT2D eigenvalue weighted by Gasteiger charge is -2.13. The third-order valence-electron chi connectivity index (χ3n) is 2.10. The van der Waals surface area contributed by atoms with Crippen LogP contribution in [-0.4, -0.2) is 41.0 Å². The van der Waals surface area contributed by atoms with Gasteiger partial charge in [0.2, 0.25) is 0 Å². The van der Waals surface area contributed by atoms with Crippen LogP contribution in [0.1, 0.15) is 0 Å². The number of rotatable bonds is 1. The summed E-state index contributed by atoms with van der Waals surface area (Å²) in [5.41, 5.74) is 0. The van der Waals surface area contributed by atoms with Gasteiger partial charge in [0.05, 0.1) is 0 Å². The largest absolute Gasteiger partial charge is 0.326 e. The number of hydrogen-bond donors (Lipinski definition) is 0. The number of carbonyl (C=O) groups is 1. The molecule has 1 aliphatic heterocycles. The third kappa shape index (κ3) is 1.39. The Hall–Kier alpha value is -1.72. The molecule has 1 aromatic heterocycles. The van der Waals surface area contributed by atoms with Crippen LogP contribution < -0.4 is 4.90 Å². The number of likely N-dealkylation sites (N-methyl/N-ethyl adjacent to an activating group) is 1. The fourth-order valence-corrected chi connectivity index (χ4v) is 1.34. The molecule has 0 N–H and O–H groups in total. The normalized spacial score (nSPS) is 16.6. The van der Waals surface area contributed by atoms with Gasteiger partial charge >= 0.3 is 12.1 Å². The molecule has 6 heteroatoms. The van der Waals surface area contributed by atoms with Crippen LogP contribution in [0.3, 0.4) is 0 Å². The highest BCUT2D eigenvalue weighted by Crippen LogP contribution is 2.15. The highest BCUT2D eigenvalue weighted by molar-refractivity contribution is 5.92. The zero-order chi connectivity index (χ0) is 10.1. The van der Waals surface area contributed by atoms with Gasteiger partial charge in [-0.2, -0.15) is 9.37 Å². The predicted molar refractivity (Wildman–Crippen MR) is 47.4 cm³/mol. The van der Waals surface area contributed by atoms with Crippen molar-refractivity contribution >= 4 is 11.8 Å². The van der Waals surface area contributed by atoms with Gasteiger partial charge in [0.25, 0.3) is 0 Å². The van der Waals surface area contributed by atoms with Gasteiger partial charge in [-0.15, -0.1) is 0 Å². The Labute approximate surface area is 80.2 Å². The van der Waals surface area contributed by atoms with E-state index in [9.17, 15) is 9.18 Å². The average molecular weight is 196 g/mol. The predicted octanol–water partition coefficient (Wildman–Crippen LogP) is 0.488. The number of nitrogens with zero attached hydrogens (tertiary/aromatic N) is 4. The maximum absolute atomic E-state index is 12.7. The summed E-state index contributed by atoms with van der Waals surface area (Å²) in [6, 6.07) is 1.35. The van der Waals surface area contributed by atoms with Crippen molar-refractivity contribution in [2.75, 3.05) is 25.0 Å². The Morgan fingerprint density at radius 2 is 2.29 bits per heavy atom. The van der Waals surface area contributed by atoms with Crippen molar-refractivity contribution in [3.05, 3.63) is 18.3 Å². The Balaban J connectivity index is 2.28. The van der Waals surface area contributed by atoms with E-state index in [0.717, 1.165) is 0 Å². The van der Waals surface area contributed by atoms with E-state index in [1.165, 1.54) is 17.2 Å². The number of aromatic nitrogens is 2. The van der Waals surface area contributed by atoms with E-state index >= 15 is 0 Å². The summed E-state index contributed by atoms with van der Waals surface area (Å²) in [7, 11) is 1.69.